The lowest BCUT2D eigenvalue weighted by Crippen LogP contribution is -2.34. The van der Waals surface area contributed by atoms with Crippen molar-refractivity contribution < 1.29 is 28.4 Å². The molecule has 1 heterocycles. The Labute approximate surface area is 182 Å². The summed E-state index contributed by atoms with van der Waals surface area (Å²) in [7, 11) is 1.50. The van der Waals surface area contributed by atoms with Crippen molar-refractivity contribution in [1.82, 2.24) is 15.5 Å². The molecule has 10 heteroatoms. The molecule has 1 aromatic heterocycles. The number of carbonyl (C=O) groups is 3. The third-order valence-corrected chi connectivity index (χ3v) is 4.33. The smallest absolute Gasteiger partial charge is 0.306 e. The number of hydrogen-bond acceptors (Lipinski definition) is 8. The largest absolute Gasteiger partial charge is 0.497 e. The first-order chi connectivity index (χ1) is 14.9. The maximum absolute atomic E-state index is 12.0. The molecule has 0 aliphatic carbocycles. The van der Waals surface area contributed by atoms with E-state index in [1.54, 1.807) is 36.4 Å². The number of aromatic nitrogens is 2. The van der Waals surface area contributed by atoms with Crippen molar-refractivity contribution in [2.45, 2.75) is 12.8 Å². The number of hydrogen-bond donors (Lipinski definition) is 1. The molecule has 3 aromatic rings. The summed E-state index contributed by atoms with van der Waals surface area (Å²) in [5.74, 6) is -0.782. The first-order valence-corrected chi connectivity index (χ1v) is 9.55. The fourth-order valence-electron chi connectivity index (χ4n) is 2.48. The van der Waals surface area contributed by atoms with Crippen LogP contribution in [0.15, 0.2) is 53.1 Å². The van der Waals surface area contributed by atoms with Crippen molar-refractivity contribution in [2.75, 3.05) is 13.7 Å². The molecule has 0 aliphatic heterocycles. The summed E-state index contributed by atoms with van der Waals surface area (Å²) in [6.07, 6.45) is 0.0772. The van der Waals surface area contributed by atoms with E-state index in [1.807, 2.05) is 0 Å². The predicted octanol–water partition coefficient (Wildman–Crippen LogP) is 2.83. The van der Waals surface area contributed by atoms with Crippen molar-refractivity contribution in [3.8, 4) is 17.1 Å². The van der Waals surface area contributed by atoms with Crippen LogP contribution in [0.4, 0.5) is 0 Å². The van der Waals surface area contributed by atoms with Gasteiger partial charge < -0.3 is 14.0 Å². The van der Waals surface area contributed by atoms with E-state index >= 15 is 0 Å². The topological polar surface area (TPSA) is 121 Å². The van der Waals surface area contributed by atoms with E-state index < -0.39 is 24.4 Å². The van der Waals surface area contributed by atoms with E-state index in [0.717, 1.165) is 5.56 Å². The SMILES string of the molecule is COc1ccc(C(=O)NC(=O)COC(=O)CCc2nc(-c3ccc(Cl)cc3)no2)cc1. The average Bonchev–Trinajstić information content (AvgIpc) is 3.26. The van der Waals surface area contributed by atoms with Crippen molar-refractivity contribution >= 4 is 29.4 Å². The highest BCUT2D eigenvalue weighted by Gasteiger charge is 2.15. The quantitative estimate of drug-likeness (QED) is 0.527. The van der Waals surface area contributed by atoms with E-state index in [0.29, 0.717) is 16.6 Å². The maximum Gasteiger partial charge on any atom is 0.306 e. The summed E-state index contributed by atoms with van der Waals surface area (Å²) in [5.41, 5.74) is 0.994. The molecule has 3 rings (SSSR count). The molecule has 9 nitrogen and oxygen atoms in total. The van der Waals surface area contributed by atoms with Gasteiger partial charge in [0.05, 0.1) is 13.5 Å². The van der Waals surface area contributed by atoms with Crippen molar-refractivity contribution in [3.63, 3.8) is 0 Å². The number of imide groups is 1. The van der Waals surface area contributed by atoms with Gasteiger partial charge in [-0.15, -0.1) is 0 Å². The first kappa shape index (κ1) is 22.0. The van der Waals surface area contributed by atoms with Crippen molar-refractivity contribution in [2.24, 2.45) is 0 Å². The number of nitrogens with one attached hydrogen (secondary N) is 1. The number of nitrogens with zero attached hydrogens (tertiary/aromatic N) is 2. The number of ether oxygens (including phenoxy) is 2. The van der Waals surface area contributed by atoms with Crippen LogP contribution in [0.25, 0.3) is 11.4 Å². The minimum absolute atomic E-state index is 0.0675. The third-order valence-electron chi connectivity index (χ3n) is 4.08. The van der Waals surface area contributed by atoms with Crippen LogP contribution in [-0.2, 0) is 20.7 Å². The zero-order valence-corrected chi connectivity index (χ0v) is 17.2. The average molecular weight is 444 g/mol. The molecule has 0 atom stereocenters. The first-order valence-electron chi connectivity index (χ1n) is 9.17. The minimum Gasteiger partial charge on any atom is -0.497 e. The second kappa shape index (κ2) is 10.4. The molecule has 0 aliphatic rings. The summed E-state index contributed by atoms with van der Waals surface area (Å²) in [6, 6.07) is 13.1. The van der Waals surface area contributed by atoms with Gasteiger partial charge in [-0.1, -0.05) is 16.8 Å². The molecule has 0 bridgehead atoms. The zero-order chi connectivity index (χ0) is 22.2. The molecule has 0 fully saturated rings. The Kier molecular flexibility index (Phi) is 7.34. The van der Waals surface area contributed by atoms with Gasteiger partial charge in [0.25, 0.3) is 11.8 Å². The molecule has 0 saturated heterocycles. The second-order valence-corrected chi connectivity index (χ2v) is 6.72. The standard InChI is InChI=1S/C21H18ClN3O6/c1-29-16-8-4-14(5-9-16)21(28)23-17(26)12-30-19(27)11-10-18-24-20(25-31-18)13-2-6-15(22)7-3-13/h2-9H,10-12H2,1H3,(H,23,26,28). The van der Waals surface area contributed by atoms with Crippen LogP contribution in [0.1, 0.15) is 22.7 Å². The van der Waals surface area contributed by atoms with E-state index in [2.05, 4.69) is 15.5 Å². The summed E-state index contributed by atoms with van der Waals surface area (Å²) < 4.78 is 15.0. The Morgan fingerprint density at radius 1 is 1.06 bits per heavy atom. The number of amides is 2. The van der Waals surface area contributed by atoms with Gasteiger partial charge in [-0.05, 0) is 48.5 Å². The summed E-state index contributed by atoms with van der Waals surface area (Å²) in [6.45, 7) is -0.583. The Hall–Kier alpha value is -3.72. The van der Waals surface area contributed by atoms with E-state index in [-0.39, 0.29) is 24.3 Å². The highest BCUT2D eigenvalue weighted by Crippen LogP contribution is 2.19. The zero-order valence-electron chi connectivity index (χ0n) is 16.5. The van der Waals surface area contributed by atoms with Crippen LogP contribution in [0.3, 0.4) is 0 Å². The van der Waals surface area contributed by atoms with Gasteiger partial charge in [0, 0.05) is 22.6 Å². The van der Waals surface area contributed by atoms with Crippen LogP contribution in [0, 0.1) is 0 Å². The van der Waals surface area contributed by atoms with Gasteiger partial charge in [0.1, 0.15) is 5.75 Å². The van der Waals surface area contributed by atoms with Crippen molar-refractivity contribution in [1.29, 1.82) is 0 Å². The maximum atomic E-state index is 12.0. The molecule has 0 unspecified atom stereocenters. The minimum atomic E-state index is -0.739. The van der Waals surface area contributed by atoms with Gasteiger partial charge in [-0.3, -0.25) is 19.7 Å². The van der Waals surface area contributed by atoms with E-state index in [1.165, 1.54) is 19.2 Å². The van der Waals surface area contributed by atoms with Crippen molar-refractivity contribution in [3.05, 3.63) is 65.0 Å². The summed E-state index contributed by atoms with van der Waals surface area (Å²) in [4.78, 5) is 39.9. The number of methoxy groups -OCH3 is 1. The molecule has 160 valence electrons. The number of halogens is 1. The van der Waals surface area contributed by atoms with Gasteiger partial charge >= 0.3 is 5.97 Å². The van der Waals surface area contributed by atoms with Gasteiger partial charge in [-0.2, -0.15) is 4.98 Å². The Balaban J connectivity index is 1.41. The molecule has 0 spiro atoms. The number of carbonyl (C=O) groups excluding carboxylic acids is 3. The lowest BCUT2D eigenvalue weighted by molar-refractivity contribution is -0.148. The fraction of sp³-hybridized carbons (Fsp3) is 0.190. The Morgan fingerprint density at radius 3 is 2.45 bits per heavy atom. The highest BCUT2D eigenvalue weighted by molar-refractivity contribution is 6.30. The molecule has 0 radical (unpaired) electrons. The predicted molar refractivity (Wildman–Crippen MR) is 109 cm³/mol. The lowest BCUT2D eigenvalue weighted by Gasteiger charge is -2.06. The molecule has 1 N–H and O–H groups in total. The third kappa shape index (κ3) is 6.38. The molecule has 0 saturated carbocycles. The number of rotatable bonds is 8. The molecular weight excluding hydrogens is 426 g/mol. The second-order valence-electron chi connectivity index (χ2n) is 6.29. The monoisotopic (exact) mass is 443 g/mol. The molecule has 2 amide bonds. The normalized spacial score (nSPS) is 10.4. The number of esters is 1. The molecule has 2 aromatic carbocycles. The van der Waals surface area contributed by atoms with E-state index in [4.69, 9.17) is 25.6 Å². The van der Waals surface area contributed by atoms with E-state index in [9.17, 15) is 14.4 Å². The van der Waals surface area contributed by atoms with Crippen LogP contribution in [-0.4, -0.2) is 41.6 Å². The van der Waals surface area contributed by atoms with Crippen LogP contribution < -0.4 is 10.1 Å². The van der Waals surface area contributed by atoms with Gasteiger partial charge in [0.15, 0.2) is 6.61 Å². The Morgan fingerprint density at radius 2 is 1.77 bits per heavy atom. The van der Waals surface area contributed by atoms with Gasteiger partial charge in [0.2, 0.25) is 11.7 Å². The van der Waals surface area contributed by atoms with Gasteiger partial charge in [-0.25, -0.2) is 0 Å². The number of aryl methyl sites for hydroxylation is 1. The fourth-order valence-corrected chi connectivity index (χ4v) is 2.60. The van der Waals surface area contributed by atoms with Crippen LogP contribution >= 0.6 is 11.6 Å². The summed E-state index contributed by atoms with van der Waals surface area (Å²) >= 11 is 5.84. The van der Waals surface area contributed by atoms with Crippen LogP contribution in [0.5, 0.6) is 5.75 Å². The molecular formula is C21H18ClN3O6. The number of benzene rings is 2. The lowest BCUT2D eigenvalue weighted by atomic mass is 10.2. The molecule has 31 heavy (non-hydrogen) atoms. The Bertz CT molecular complexity index is 1060. The van der Waals surface area contributed by atoms with Crippen LogP contribution in [0.2, 0.25) is 5.02 Å². The highest BCUT2D eigenvalue weighted by atomic mass is 35.5. The summed E-state index contributed by atoms with van der Waals surface area (Å²) in [5, 5.41) is 6.58.